The van der Waals surface area contributed by atoms with Crippen molar-refractivity contribution in [3.63, 3.8) is 0 Å². The predicted molar refractivity (Wildman–Crippen MR) is 143 cm³/mol. The van der Waals surface area contributed by atoms with Gasteiger partial charge in [0, 0.05) is 62.9 Å². The largest absolute Gasteiger partial charge is 0.491 e. The molecule has 9 heteroatoms. The van der Waals surface area contributed by atoms with Gasteiger partial charge in [-0.2, -0.15) is 0 Å². The van der Waals surface area contributed by atoms with Crippen LogP contribution in [0.15, 0.2) is 48.5 Å². The summed E-state index contributed by atoms with van der Waals surface area (Å²) in [5.41, 5.74) is 1.82. The second-order valence-electron chi connectivity index (χ2n) is 9.74. The molecule has 0 spiro atoms. The van der Waals surface area contributed by atoms with Gasteiger partial charge in [0.15, 0.2) is 0 Å². The van der Waals surface area contributed by atoms with Crippen LogP contribution in [0.5, 0.6) is 5.75 Å². The number of hydrogen-bond donors (Lipinski definition) is 1. The molecule has 2 aromatic rings. The molecule has 0 aliphatic carbocycles. The average Bonchev–Trinajstić information content (AvgIpc) is 2.91. The highest BCUT2D eigenvalue weighted by atomic mass is 35.5. The second kappa shape index (κ2) is 14.1. The first-order chi connectivity index (χ1) is 18.0. The van der Waals surface area contributed by atoms with Crippen LogP contribution >= 0.6 is 11.6 Å². The quantitative estimate of drug-likeness (QED) is 0.477. The summed E-state index contributed by atoms with van der Waals surface area (Å²) in [4.78, 5) is 19.9. The van der Waals surface area contributed by atoms with E-state index in [2.05, 4.69) is 9.80 Å². The number of aryl methyl sites for hydroxylation is 1. The van der Waals surface area contributed by atoms with Crippen LogP contribution in [0, 0.1) is 6.92 Å². The third-order valence-electron chi connectivity index (χ3n) is 6.75. The number of nitrogens with zero attached hydrogens (tertiary/aromatic N) is 3. The minimum Gasteiger partial charge on any atom is -0.491 e. The molecule has 8 nitrogen and oxygen atoms in total. The summed E-state index contributed by atoms with van der Waals surface area (Å²) in [6.07, 6.45) is -0.765. The number of aliphatic hydroxyl groups excluding tert-OH is 1. The van der Waals surface area contributed by atoms with Crippen molar-refractivity contribution in [1.29, 1.82) is 0 Å². The fourth-order valence-corrected chi connectivity index (χ4v) is 4.74. The molecule has 2 aliphatic rings. The van der Waals surface area contributed by atoms with Gasteiger partial charge in [0.1, 0.15) is 18.5 Å². The van der Waals surface area contributed by atoms with Gasteiger partial charge in [0.25, 0.3) is 5.91 Å². The van der Waals surface area contributed by atoms with Crippen LogP contribution in [0.1, 0.15) is 15.9 Å². The van der Waals surface area contributed by atoms with E-state index in [-0.39, 0.29) is 18.6 Å². The first-order valence-corrected chi connectivity index (χ1v) is 13.4. The van der Waals surface area contributed by atoms with E-state index in [1.807, 2.05) is 36.1 Å². The number of halogens is 1. The summed E-state index contributed by atoms with van der Waals surface area (Å²) < 4.78 is 17.2. The van der Waals surface area contributed by atoms with Gasteiger partial charge in [-0.15, -0.1) is 0 Å². The number of morpholine rings is 2. The number of amides is 1. The normalized spacial score (nSPS) is 19.9. The molecular formula is C28H38ClN3O5. The van der Waals surface area contributed by atoms with E-state index in [4.69, 9.17) is 25.8 Å². The van der Waals surface area contributed by atoms with Crippen molar-refractivity contribution in [3.05, 3.63) is 64.7 Å². The molecule has 2 fully saturated rings. The van der Waals surface area contributed by atoms with E-state index >= 15 is 0 Å². The Hall–Kier alpha value is -2.20. The Balaban J connectivity index is 1.31. The Kier molecular flexibility index (Phi) is 10.6. The average molecular weight is 532 g/mol. The summed E-state index contributed by atoms with van der Waals surface area (Å²) in [5.74, 6) is 0.694. The molecule has 1 N–H and O–H groups in total. The molecule has 2 heterocycles. The van der Waals surface area contributed by atoms with Crippen LogP contribution in [0.4, 0.5) is 0 Å². The van der Waals surface area contributed by atoms with Crippen LogP contribution in [0.25, 0.3) is 0 Å². The molecule has 0 radical (unpaired) electrons. The Labute approximate surface area is 224 Å². The van der Waals surface area contributed by atoms with E-state index in [0.29, 0.717) is 49.1 Å². The third-order valence-corrected chi connectivity index (χ3v) is 7.00. The van der Waals surface area contributed by atoms with Gasteiger partial charge in [-0.05, 0) is 43.3 Å². The lowest BCUT2D eigenvalue weighted by Gasteiger charge is -2.37. The van der Waals surface area contributed by atoms with E-state index < -0.39 is 6.10 Å². The van der Waals surface area contributed by atoms with Gasteiger partial charge < -0.3 is 24.2 Å². The van der Waals surface area contributed by atoms with Crippen molar-refractivity contribution >= 4 is 17.5 Å². The van der Waals surface area contributed by atoms with E-state index in [1.165, 1.54) is 0 Å². The van der Waals surface area contributed by atoms with Gasteiger partial charge in [0.05, 0.1) is 25.9 Å². The third kappa shape index (κ3) is 8.95. The van der Waals surface area contributed by atoms with Gasteiger partial charge in [-0.25, -0.2) is 0 Å². The van der Waals surface area contributed by atoms with Crippen LogP contribution < -0.4 is 4.74 Å². The molecule has 0 bridgehead atoms. The molecular weight excluding hydrogens is 494 g/mol. The van der Waals surface area contributed by atoms with Crippen molar-refractivity contribution in [2.24, 2.45) is 0 Å². The summed E-state index contributed by atoms with van der Waals surface area (Å²) in [5, 5.41) is 11.2. The SMILES string of the molecule is Cc1ccc(C(=O)N(CCN2CCOCC2)C[C@@H]2CN(C[C@H](O)COc3ccc(Cl)cc3)CCO2)cc1. The van der Waals surface area contributed by atoms with Crippen LogP contribution in [-0.4, -0.2) is 117 Å². The maximum atomic E-state index is 13.5. The molecule has 1 amide bonds. The van der Waals surface area contributed by atoms with Gasteiger partial charge >= 0.3 is 0 Å². The topological polar surface area (TPSA) is 74.7 Å². The Morgan fingerprint density at radius 2 is 1.78 bits per heavy atom. The zero-order chi connectivity index (χ0) is 26.0. The minimum atomic E-state index is -0.638. The Morgan fingerprint density at radius 3 is 2.51 bits per heavy atom. The monoisotopic (exact) mass is 531 g/mol. The van der Waals surface area contributed by atoms with Crippen LogP contribution in [-0.2, 0) is 9.47 Å². The molecule has 0 saturated carbocycles. The zero-order valence-electron chi connectivity index (χ0n) is 21.6. The highest BCUT2D eigenvalue weighted by Gasteiger charge is 2.27. The van der Waals surface area contributed by atoms with Crippen molar-refractivity contribution in [2.75, 3.05) is 78.8 Å². The lowest BCUT2D eigenvalue weighted by molar-refractivity contribution is -0.0545. The predicted octanol–water partition coefficient (Wildman–Crippen LogP) is 2.56. The molecule has 2 atom stereocenters. The fraction of sp³-hybridized carbons (Fsp3) is 0.536. The van der Waals surface area contributed by atoms with Crippen LogP contribution in [0.2, 0.25) is 5.02 Å². The van der Waals surface area contributed by atoms with Gasteiger partial charge in [-0.3, -0.25) is 14.6 Å². The van der Waals surface area contributed by atoms with Gasteiger partial charge in [0.2, 0.25) is 0 Å². The van der Waals surface area contributed by atoms with Crippen molar-refractivity contribution in [2.45, 2.75) is 19.1 Å². The summed E-state index contributed by atoms with van der Waals surface area (Å²) in [6.45, 7) is 9.80. The molecule has 0 aromatic heterocycles. The summed E-state index contributed by atoms with van der Waals surface area (Å²) in [6, 6.07) is 14.8. The second-order valence-corrected chi connectivity index (χ2v) is 10.2. The summed E-state index contributed by atoms with van der Waals surface area (Å²) in [7, 11) is 0. The smallest absolute Gasteiger partial charge is 0.253 e. The number of ether oxygens (including phenoxy) is 3. The lowest BCUT2D eigenvalue weighted by atomic mass is 10.1. The van der Waals surface area contributed by atoms with Gasteiger partial charge in [-0.1, -0.05) is 29.3 Å². The van der Waals surface area contributed by atoms with Crippen molar-refractivity contribution in [1.82, 2.24) is 14.7 Å². The maximum Gasteiger partial charge on any atom is 0.253 e. The number of β-amino-alcohol motifs (C(OH)–C–C–N with tert-alkyl or cyclic N) is 1. The molecule has 2 aliphatic heterocycles. The highest BCUT2D eigenvalue weighted by Crippen LogP contribution is 2.16. The van der Waals surface area contributed by atoms with Crippen molar-refractivity contribution in [3.8, 4) is 5.75 Å². The lowest BCUT2D eigenvalue weighted by Crippen LogP contribution is -2.52. The zero-order valence-corrected chi connectivity index (χ0v) is 22.3. The fourth-order valence-electron chi connectivity index (χ4n) is 4.62. The van der Waals surface area contributed by atoms with E-state index in [9.17, 15) is 9.90 Å². The number of benzene rings is 2. The van der Waals surface area contributed by atoms with Crippen LogP contribution in [0.3, 0.4) is 0 Å². The minimum absolute atomic E-state index is 0.0189. The Bertz CT molecular complexity index is 969. The summed E-state index contributed by atoms with van der Waals surface area (Å²) >= 11 is 5.92. The molecule has 4 rings (SSSR count). The molecule has 37 heavy (non-hydrogen) atoms. The maximum absolute atomic E-state index is 13.5. The van der Waals surface area contributed by atoms with E-state index in [0.717, 1.165) is 45.0 Å². The number of carbonyl (C=O) groups is 1. The first-order valence-electron chi connectivity index (χ1n) is 13.0. The first kappa shape index (κ1) is 27.8. The van der Waals surface area contributed by atoms with Crippen molar-refractivity contribution < 1.29 is 24.1 Å². The number of hydrogen-bond acceptors (Lipinski definition) is 7. The number of rotatable bonds is 11. The highest BCUT2D eigenvalue weighted by molar-refractivity contribution is 6.30. The molecule has 2 saturated heterocycles. The van der Waals surface area contributed by atoms with E-state index in [1.54, 1.807) is 24.3 Å². The molecule has 2 aromatic carbocycles. The molecule has 202 valence electrons. The number of aliphatic hydroxyl groups is 1. The molecule has 0 unspecified atom stereocenters. The number of carbonyl (C=O) groups excluding carboxylic acids is 1. The standard InChI is InChI=1S/C28H38ClN3O5/c1-22-2-4-23(5-3-22)28(34)32(11-10-30-12-15-35-16-13-30)20-27-19-31(14-17-36-27)18-25(33)21-37-26-8-6-24(29)7-9-26/h2-9,25,27,33H,10-21H2,1H3/t25-,27-/m0/s1. The Morgan fingerprint density at radius 1 is 1.08 bits per heavy atom.